The smallest absolute Gasteiger partial charge is 0.323 e. The van der Waals surface area contributed by atoms with Crippen LogP contribution < -0.4 is 32.7 Å². The Morgan fingerprint density at radius 2 is 1.10 bits per heavy atom. The summed E-state index contributed by atoms with van der Waals surface area (Å²) in [5.41, 5.74) is 10.7. The van der Waals surface area contributed by atoms with Crippen molar-refractivity contribution in [1.82, 2.24) is 21.3 Å². The van der Waals surface area contributed by atoms with Gasteiger partial charge in [0.05, 0.1) is 33.3 Å². The molecule has 2 rings (SSSR count). The molecule has 0 heterocycles. The summed E-state index contributed by atoms with van der Waals surface area (Å²) in [6, 6.07) is -0.649. The van der Waals surface area contributed by atoms with E-state index < -0.39 is 62.2 Å². The van der Waals surface area contributed by atoms with E-state index in [4.69, 9.17) is 21.7 Å². The summed E-state index contributed by atoms with van der Waals surface area (Å²) in [4.78, 5) is 39.3. The van der Waals surface area contributed by atoms with E-state index >= 15 is 0 Å². The van der Waals surface area contributed by atoms with Crippen LogP contribution >= 0.6 is 136 Å². The maximum atomic E-state index is 13.2. The Balaban J connectivity index is 2.26. The van der Waals surface area contributed by atoms with Gasteiger partial charge in [0, 0.05) is 38.8 Å². The number of carbonyl (C=O) groups is 3. The molecule has 13 nitrogen and oxygen atoms in total. The number of urea groups is 1. The molecule has 0 saturated heterocycles. The molecule has 4 amide bonds. The average molecular weight is 1240 g/mol. The number of nitrogens with one attached hydrogen (secondary N) is 4. The van der Waals surface area contributed by atoms with Gasteiger partial charge in [-0.1, -0.05) is 45.2 Å². The lowest BCUT2D eigenvalue weighted by atomic mass is 9.88. The fourth-order valence-corrected chi connectivity index (χ4v) is 12.4. The van der Waals surface area contributed by atoms with Crippen molar-refractivity contribution in [1.29, 1.82) is 0 Å². The zero-order valence-electron chi connectivity index (χ0n) is 20.2. The first-order chi connectivity index (χ1) is 18.5. The Morgan fingerprint density at radius 1 is 0.775 bits per heavy atom. The number of halogens is 6. The summed E-state index contributed by atoms with van der Waals surface area (Å²) >= 11 is 11.9. The molecule has 2 aliphatic rings. The third kappa shape index (κ3) is 8.31. The predicted octanol–water partition coefficient (Wildman–Crippen LogP) is 0.185. The lowest BCUT2D eigenvalue weighted by Gasteiger charge is -2.39. The maximum absolute atomic E-state index is 13.2. The molecule has 224 valence electrons. The van der Waals surface area contributed by atoms with Crippen LogP contribution in [0.25, 0.3) is 0 Å². The molecule has 0 aromatic carbocycles. The fraction of sp³-hybridized carbons (Fsp3) is 0.476. The molecule has 6 unspecified atom stereocenters. The van der Waals surface area contributed by atoms with Crippen LogP contribution in [0.3, 0.4) is 0 Å². The summed E-state index contributed by atoms with van der Waals surface area (Å²) in [5, 5.41) is 48.0. The van der Waals surface area contributed by atoms with Gasteiger partial charge in [-0.05, 0) is 103 Å². The van der Waals surface area contributed by atoms with Crippen LogP contribution in [0.1, 0.15) is 0 Å². The number of hydrogen-bond donors (Lipinski definition) is 10. The standard InChI is InChI=1S/C21H26I6N6O7/c22-9-1-11(24)20(28,17(38)30-3-7(36)5-34)15(26)13(9)32-19(40)33-14-10(23)2-12(25)21(29,16(14)27)18(39)31-4-8(37)6-35/h1-2,7-8,15-16,34-37H,3-6,28-29H2,(H,30,38)(H,31,39)(H2,32,33,40). The van der Waals surface area contributed by atoms with Gasteiger partial charge in [-0.25, -0.2) is 4.79 Å². The van der Waals surface area contributed by atoms with E-state index in [-0.39, 0.29) is 13.1 Å². The Labute approximate surface area is 311 Å². The number of aliphatic hydroxyl groups excluding tert-OH is 4. The Kier molecular flexibility index (Phi) is 15.0. The first kappa shape index (κ1) is 37.5. The van der Waals surface area contributed by atoms with Crippen molar-refractivity contribution in [3.63, 3.8) is 0 Å². The van der Waals surface area contributed by atoms with Crippen LogP contribution in [-0.4, -0.2) is 95.7 Å². The fourth-order valence-electron chi connectivity index (χ4n) is 3.37. The van der Waals surface area contributed by atoms with Crippen LogP contribution in [0.2, 0.25) is 0 Å². The molecule has 0 saturated carbocycles. The SMILES string of the molecule is NC1(C(=O)NCC(O)CO)C(I)=CC(I)=C(NC(=O)NC2=C(I)C=C(I)C(N)(C(=O)NCC(O)CO)C2I)C1I. The van der Waals surface area contributed by atoms with Gasteiger partial charge in [0.25, 0.3) is 0 Å². The first-order valence-corrected chi connectivity index (χ1v) is 18.0. The zero-order chi connectivity index (χ0) is 30.6. The number of nitrogens with two attached hydrogens (primary N) is 2. The molecule has 0 bridgehead atoms. The topological polar surface area (TPSA) is 232 Å². The van der Waals surface area contributed by atoms with Crippen LogP contribution in [0, 0.1) is 0 Å². The predicted molar refractivity (Wildman–Crippen MR) is 200 cm³/mol. The molecule has 0 fully saturated rings. The maximum Gasteiger partial charge on any atom is 0.323 e. The molecule has 2 aliphatic carbocycles. The minimum atomic E-state index is -1.57. The minimum absolute atomic E-state index is 0.199. The summed E-state index contributed by atoms with van der Waals surface area (Å²) in [6.07, 6.45) is 1.04. The molecular formula is C21H26I6N6O7. The van der Waals surface area contributed by atoms with Crippen LogP contribution in [0.5, 0.6) is 0 Å². The van der Waals surface area contributed by atoms with Crippen LogP contribution in [0.4, 0.5) is 4.79 Å². The highest BCUT2D eigenvalue weighted by molar-refractivity contribution is 14.1. The molecule has 0 radical (unpaired) electrons. The molecule has 40 heavy (non-hydrogen) atoms. The molecule has 19 heteroatoms. The van der Waals surface area contributed by atoms with Crippen LogP contribution in [-0.2, 0) is 9.59 Å². The number of aliphatic hydroxyl groups is 4. The lowest BCUT2D eigenvalue weighted by Crippen LogP contribution is -2.64. The Bertz CT molecular complexity index is 1080. The van der Waals surface area contributed by atoms with E-state index in [9.17, 15) is 24.6 Å². The van der Waals surface area contributed by atoms with Crippen molar-refractivity contribution in [3.05, 3.63) is 37.9 Å². The van der Waals surface area contributed by atoms with Crippen LogP contribution in [0.15, 0.2) is 37.9 Å². The minimum Gasteiger partial charge on any atom is -0.394 e. The highest BCUT2D eigenvalue weighted by Crippen LogP contribution is 2.42. The summed E-state index contributed by atoms with van der Waals surface area (Å²) in [7, 11) is 0. The number of allylic oxidation sites excluding steroid dienone is 4. The highest BCUT2D eigenvalue weighted by atomic mass is 127. The average Bonchev–Trinajstić information content (AvgIpc) is 2.91. The molecule has 0 aliphatic heterocycles. The van der Waals surface area contributed by atoms with Gasteiger partial charge in [-0.3, -0.25) is 9.59 Å². The van der Waals surface area contributed by atoms with Crippen molar-refractivity contribution < 1.29 is 34.8 Å². The highest BCUT2D eigenvalue weighted by Gasteiger charge is 2.50. The van der Waals surface area contributed by atoms with Crippen molar-refractivity contribution in [2.45, 2.75) is 31.1 Å². The van der Waals surface area contributed by atoms with Crippen molar-refractivity contribution in [2.75, 3.05) is 26.3 Å². The third-order valence-corrected chi connectivity index (χ3v) is 13.2. The lowest BCUT2D eigenvalue weighted by molar-refractivity contribution is -0.125. The van der Waals surface area contributed by atoms with E-state index in [1.54, 1.807) is 12.2 Å². The molecule has 0 aromatic rings. The Morgan fingerprint density at radius 3 is 1.40 bits per heavy atom. The summed E-state index contributed by atoms with van der Waals surface area (Å²) in [5.74, 6) is -1.18. The van der Waals surface area contributed by atoms with Gasteiger partial charge in [0.2, 0.25) is 11.8 Å². The van der Waals surface area contributed by atoms with Crippen molar-refractivity contribution in [2.24, 2.45) is 11.5 Å². The normalized spacial score (nSPS) is 28.3. The summed E-state index contributed by atoms with van der Waals surface area (Å²) < 4.78 is 0.861. The monoisotopic (exact) mass is 1240 g/mol. The number of hydrogen-bond acceptors (Lipinski definition) is 9. The van der Waals surface area contributed by atoms with Gasteiger partial charge in [-0.2, -0.15) is 0 Å². The second-order valence-electron chi connectivity index (χ2n) is 8.64. The van der Waals surface area contributed by atoms with E-state index in [2.05, 4.69) is 21.3 Å². The third-order valence-electron chi connectivity index (χ3n) is 5.78. The van der Waals surface area contributed by atoms with E-state index in [0.29, 0.717) is 25.7 Å². The van der Waals surface area contributed by atoms with Gasteiger partial charge >= 0.3 is 6.03 Å². The molecule has 12 N–H and O–H groups in total. The molecule has 0 spiro atoms. The van der Waals surface area contributed by atoms with E-state index in [1.165, 1.54) is 0 Å². The van der Waals surface area contributed by atoms with Gasteiger partial charge in [0.1, 0.15) is 11.1 Å². The second-order valence-corrected chi connectivity index (χ2v) is 15.8. The van der Waals surface area contributed by atoms with Gasteiger partial charge in [0.15, 0.2) is 0 Å². The number of amides is 4. The van der Waals surface area contributed by atoms with Crippen molar-refractivity contribution >= 4 is 153 Å². The summed E-state index contributed by atoms with van der Waals surface area (Å²) in [6.45, 7) is -1.45. The van der Waals surface area contributed by atoms with E-state index in [1.807, 2.05) is 136 Å². The first-order valence-electron chi connectivity index (χ1n) is 11.2. The largest absolute Gasteiger partial charge is 0.394 e. The number of rotatable bonds is 10. The van der Waals surface area contributed by atoms with Crippen molar-refractivity contribution in [3.8, 4) is 0 Å². The number of alkyl halides is 2. The van der Waals surface area contributed by atoms with Gasteiger partial charge < -0.3 is 53.2 Å². The molecular weight excluding hydrogens is 1210 g/mol. The number of carbonyl (C=O) groups excluding carboxylic acids is 3. The quantitative estimate of drug-likeness (QED) is 0.106. The molecule has 6 atom stereocenters. The second kappa shape index (κ2) is 16.0. The zero-order valence-corrected chi connectivity index (χ0v) is 33.2. The molecule has 0 aromatic heterocycles. The Hall–Kier alpha value is 1.31. The van der Waals surface area contributed by atoms with E-state index in [0.717, 1.165) is 0 Å². The van der Waals surface area contributed by atoms with Gasteiger partial charge in [-0.15, -0.1) is 0 Å².